The molecule has 1 atom stereocenters. The maximum atomic E-state index is 6.15. The summed E-state index contributed by atoms with van der Waals surface area (Å²) in [5.41, 5.74) is 8.64. The molecule has 0 N–H and O–H groups in total. The fourth-order valence-electron chi connectivity index (χ4n) is 4.57. The molecular weight excluding hydrogens is 562 g/mol. The predicted octanol–water partition coefficient (Wildman–Crippen LogP) is 11.9. The Bertz CT molecular complexity index is 1630. The average molecular weight is 619 g/mol. The quantitative estimate of drug-likeness (QED) is 0.112. The highest BCUT2D eigenvalue weighted by Crippen LogP contribution is 2.39. The molecule has 4 nitrogen and oxygen atoms in total. The summed E-state index contributed by atoms with van der Waals surface area (Å²) in [6, 6.07) is 10.4. The van der Waals surface area contributed by atoms with Crippen LogP contribution in [0, 0.1) is 24.7 Å². The lowest BCUT2D eigenvalue weighted by Gasteiger charge is -2.13. The summed E-state index contributed by atoms with van der Waals surface area (Å²) >= 11 is 0. The molecule has 2 aromatic heterocycles. The van der Waals surface area contributed by atoms with Crippen molar-refractivity contribution in [3.05, 3.63) is 102 Å². The Morgan fingerprint density at radius 2 is 1.74 bits per heavy atom. The van der Waals surface area contributed by atoms with Crippen molar-refractivity contribution in [2.75, 3.05) is 0 Å². The van der Waals surface area contributed by atoms with Crippen LogP contribution in [0.15, 0.2) is 106 Å². The van der Waals surface area contributed by atoms with Gasteiger partial charge < -0.3 is 4.42 Å². The van der Waals surface area contributed by atoms with E-state index in [-0.39, 0.29) is 0 Å². The number of furan rings is 1. The van der Waals surface area contributed by atoms with Crippen LogP contribution in [0.25, 0.3) is 28.3 Å². The van der Waals surface area contributed by atoms with Crippen LogP contribution in [0.2, 0.25) is 0 Å². The lowest BCUT2D eigenvalue weighted by atomic mass is 9.93. The number of hydrogen-bond acceptors (Lipinski definition) is 3. The van der Waals surface area contributed by atoms with Gasteiger partial charge in [-0.2, -0.15) is 0 Å². The Hall–Kier alpha value is -4.49. The van der Waals surface area contributed by atoms with Gasteiger partial charge >= 0.3 is 0 Å². The molecule has 4 rings (SSSR count). The van der Waals surface area contributed by atoms with Gasteiger partial charge in [-0.25, -0.2) is 9.56 Å². The normalized spacial score (nSPS) is 13.8. The van der Waals surface area contributed by atoms with E-state index in [1.165, 1.54) is 24.0 Å². The van der Waals surface area contributed by atoms with E-state index in [1.807, 2.05) is 78.3 Å². The molecular formula is C42H56N3O+. The molecule has 0 radical (unpaired) electrons. The van der Waals surface area contributed by atoms with Crippen LogP contribution in [-0.2, 0) is 7.05 Å². The SMILES string of the molecule is C/C=C\N=C(C)C1=CC=CC(C)C1.C=Cc1c(N=C(C)C)oc2c(-c3cccc[n+]3C)c(C)ccc12.CC#CC.CCC=CCC. The lowest BCUT2D eigenvalue weighted by molar-refractivity contribution is -0.660. The molecule has 1 aliphatic rings. The van der Waals surface area contributed by atoms with Crippen molar-refractivity contribution in [3.63, 3.8) is 0 Å². The van der Waals surface area contributed by atoms with Crippen molar-refractivity contribution >= 4 is 34.4 Å². The highest BCUT2D eigenvalue weighted by molar-refractivity contribution is 6.01. The molecule has 0 aliphatic heterocycles. The Labute approximate surface area is 279 Å². The van der Waals surface area contributed by atoms with Crippen LogP contribution >= 0.6 is 0 Å². The van der Waals surface area contributed by atoms with Crippen LogP contribution in [0.1, 0.15) is 92.7 Å². The van der Waals surface area contributed by atoms with Crippen LogP contribution in [0.3, 0.4) is 0 Å². The van der Waals surface area contributed by atoms with Crippen molar-refractivity contribution in [1.82, 2.24) is 0 Å². The summed E-state index contributed by atoms with van der Waals surface area (Å²) < 4.78 is 8.25. The molecule has 3 aromatic rings. The average Bonchev–Trinajstić information content (AvgIpc) is 3.40. The molecule has 1 aromatic carbocycles. The molecule has 1 unspecified atom stereocenters. The number of aliphatic imine (C=N–C) groups is 2. The molecule has 1 aliphatic carbocycles. The van der Waals surface area contributed by atoms with Gasteiger partial charge in [-0.3, -0.25) is 4.99 Å². The number of aromatic nitrogens is 1. The van der Waals surface area contributed by atoms with Gasteiger partial charge in [-0.15, -0.1) is 11.8 Å². The van der Waals surface area contributed by atoms with Gasteiger partial charge in [0.2, 0.25) is 11.6 Å². The minimum atomic E-state index is 0.625. The van der Waals surface area contributed by atoms with Gasteiger partial charge in [0.1, 0.15) is 7.05 Å². The number of hydrogen-bond donors (Lipinski definition) is 0. The molecule has 2 heterocycles. The first-order valence-corrected chi connectivity index (χ1v) is 16.3. The van der Waals surface area contributed by atoms with Crippen molar-refractivity contribution in [3.8, 4) is 23.1 Å². The fraction of sp³-hybridized carbons (Fsp3) is 0.357. The Balaban J connectivity index is 0.000000386. The van der Waals surface area contributed by atoms with E-state index in [9.17, 15) is 0 Å². The Morgan fingerprint density at radius 3 is 2.26 bits per heavy atom. The van der Waals surface area contributed by atoms with Gasteiger partial charge in [0, 0.05) is 40.7 Å². The van der Waals surface area contributed by atoms with Gasteiger partial charge in [-0.05, 0) is 90.8 Å². The number of benzene rings is 1. The van der Waals surface area contributed by atoms with E-state index in [0.717, 1.165) is 45.6 Å². The predicted molar refractivity (Wildman–Crippen MR) is 204 cm³/mol. The number of rotatable bonds is 7. The third kappa shape index (κ3) is 12.9. The largest absolute Gasteiger partial charge is 0.437 e. The first kappa shape index (κ1) is 39.5. The molecule has 0 amide bonds. The minimum Gasteiger partial charge on any atom is -0.437 e. The number of fused-ring (bicyclic) bond motifs is 1. The summed E-state index contributed by atoms with van der Waals surface area (Å²) in [7, 11) is 2.04. The van der Waals surface area contributed by atoms with Crippen molar-refractivity contribution in [2.45, 2.75) is 88.5 Å². The molecule has 0 spiro atoms. The van der Waals surface area contributed by atoms with Crippen LogP contribution in [-0.4, -0.2) is 11.4 Å². The van der Waals surface area contributed by atoms with Gasteiger partial charge in [0.05, 0.1) is 5.56 Å². The zero-order valence-electron chi connectivity index (χ0n) is 30.2. The molecule has 46 heavy (non-hydrogen) atoms. The second-order valence-corrected chi connectivity index (χ2v) is 11.2. The molecule has 4 heteroatoms. The Kier molecular flexibility index (Phi) is 19.0. The number of aryl methyl sites for hydroxylation is 2. The van der Waals surface area contributed by atoms with Crippen LogP contribution in [0.5, 0.6) is 0 Å². The Morgan fingerprint density at radius 1 is 1.07 bits per heavy atom. The van der Waals surface area contributed by atoms with E-state index in [0.29, 0.717) is 11.8 Å². The summed E-state index contributed by atoms with van der Waals surface area (Å²) in [5, 5.41) is 1.05. The molecule has 244 valence electrons. The van der Waals surface area contributed by atoms with E-state index < -0.39 is 0 Å². The maximum absolute atomic E-state index is 6.15. The zero-order chi connectivity index (χ0) is 34.5. The molecule has 0 saturated heterocycles. The smallest absolute Gasteiger partial charge is 0.227 e. The van der Waals surface area contributed by atoms with E-state index in [2.05, 4.69) is 116 Å². The minimum absolute atomic E-state index is 0.625. The third-order valence-corrected chi connectivity index (χ3v) is 6.97. The first-order valence-electron chi connectivity index (χ1n) is 16.3. The lowest BCUT2D eigenvalue weighted by Crippen LogP contribution is -2.30. The van der Waals surface area contributed by atoms with Crippen molar-refractivity contribution in [1.29, 1.82) is 0 Å². The summed E-state index contributed by atoms with van der Waals surface area (Å²) in [6.45, 7) is 24.2. The summed E-state index contributed by atoms with van der Waals surface area (Å²) in [6.07, 6.45) is 22.0. The number of nitrogens with zero attached hydrogens (tertiary/aromatic N) is 3. The third-order valence-electron chi connectivity index (χ3n) is 6.97. The van der Waals surface area contributed by atoms with E-state index in [4.69, 9.17) is 4.42 Å². The van der Waals surface area contributed by atoms with Gasteiger partial charge in [-0.1, -0.05) is 82.0 Å². The topological polar surface area (TPSA) is 41.7 Å². The molecule has 0 bridgehead atoms. The second kappa shape index (κ2) is 22.1. The van der Waals surface area contributed by atoms with Crippen molar-refractivity contribution < 1.29 is 8.98 Å². The van der Waals surface area contributed by atoms with E-state index >= 15 is 0 Å². The van der Waals surface area contributed by atoms with Crippen molar-refractivity contribution in [2.24, 2.45) is 23.0 Å². The summed E-state index contributed by atoms with van der Waals surface area (Å²) in [5.74, 6) is 6.64. The number of pyridine rings is 1. The maximum Gasteiger partial charge on any atom is 0.227 e. The standard InChI is InChI=1S/C20H21N2O.C12H17N.C6H12.C4H6/c1-6-15-16-11-10-14(4)18(17-9-7-8-12-22(17)5)19(16)23-20(15)21-13(2)3;1-4-8-13-11(3)12-7-5-6-10(2)9-12;1-3-5-6-4-2;1-3-4-2/h6-12H,1H2,2-5H3;4-8,10H,9H2,1-3H3;5-6H,3-4H2,1-2H3;1-2H3/q+1;;;/b;8-4-,13-11?;;. The highest BCUT2D eigenvalue weighted by Gasteiger charge is 2.21. The zero-order valence-corrected chi connectivity index (χ0v) is 30.2. The summed E-state index contributed by atoms with van der Waals surface area (Å²) in [4.78, 5) is 8.86. The highest BCUT2D eigenvalue weighted by atomic mass is 16.3. The van der Waals surface area contributed by atoms with E-state index in [1.54, 1.807) is 0 Å². The van der Waals surface area contributed by atoms with Gasteiger partial charge in [0.15, 0.2) is 11.8 Å². The van der Waals surface area contributed by atoms with Crippen LogP contribution < -0.4 is 4.57 Å². The fourth-order valence-corrected chi connectivity index (χ4v) is 4.57. The number of allylic oxidation sites excluding steroid dienone is 7. The monoisotopic (exact) mass is 618 g/mol. The first-order chi connectivity index (χ1) is 22.1. The molecule has 0 saturated carbocycles. The molecule has 0 fully saturated rings. The second-order valence-electron chi connectivity index (χ2n) is 11.2. The van der Waals surface area contributed by atoms with Crippen LogP contribution in [0.4, 0.5) is 5.88 Å². The van der Waals surface area contributed by atoms with Gasteiger partial charge in [0.25, 0.3) is 0 Å².